The second-order valence-corrected chi connectivity index (χ2v) is 5.54. The maximum atomic E-state index is 13.7. The number of carbonyl (C=O) groups excluding carboxylic acids is 1. The Morgan fingerprint density at radius 1 is 1.07 bits per heavy atom. The fraction of sp³-hybridized carbons (Fsp3) is 0.0667. The van der Waals surface area contributed by atoms with E-state index in [1.54, 1.807) is 0 Å². The number of carbonyl (C=O) groups is 1. The molecule has 0 aliphatic heterocycles. The van der Waals surface area contributed by atoms with E-state index in [9.17, 15) is 26.7 Å². The summed E-state index contributed by atoms with van der Waals surface area (Å²) in [4.78, 5) is 18.9. The maximum absolute atomic E-state index is 13.7. The van der Waals surface area contributed by atoms with E-state index in [-0.39, 0.29) is 40.5 Å². The summed E-state index contributed by atoms with van der Waals surface area (Å²) in [5, 5.41) is 3.09. The molecule has 0 unspecified atom stereocenters. The summed E-state index contributed by atoms with van der Waals surface area (Å²) < 4.78 is 69.8. The zero-order chi connectivity index (χ0) is 18.9. The molecule has 2 aromatic heterocycles. The van der Waals surface area contributed by atoms with Crippen molar-refractivity contribution in [3.05, 3.63) is 64.7 Å². The van der Waals surface area contributed by atoms with Crippen LogP contribution in [-0.4, -0.2) is 20.2 Å². The van der Waals surface area contributed by atoms with Crippen molar-refractivity contribution in [1.82, 2.24) is 14.3 Å². The van der Waals surface area contributed by atoms with E-state index in [0.717, 1.165) is 36.5 Å². The molecule has 12 heteroatoms. The van der Waals surface area contributed by atoms with Crippen LogP contribution in [0.5, 0.6) is 0 Å². The van der Waals surface area contributed by atoms with Gasteiger partial charge in [-0.05, 0) is 35.8 Å². The van der Waals surface area contributed by atoms with Gasteiger partial charge in [0.1, 0.15) is 11.6 Å². The van der Waals surface area contributed by atoms with Gasteiger partial charge in [-0.15, -0.1) is 0 Å². The standard InChI is InChI=1S/C15H7F5N4OS.Na/c16-8-4-1-5-9(17)10(8)12-22-14(26-24-12)23-13(25)7-3-2-6-21-11(7)15(18,19)20;/h1-6H,(H,22,23,24,25);/q;+1/p-1. The molecule has 134 valence electrons. The number of hydrogen-bond acceptors (Lipinski definition) is 5. The largest absolute Gasteiger partial charge is 1.00 e. The topological polar surface area (TPSA) is 69.8 Å². The Morgan fingerprint density at radius 3 is 2.37 bits per heavy atom. The predicted octanol–water partition coefficient (Wildman–Crippen LogP) is 1.75. The zero-order valence-electron chi connectivity index (χ0n) is 13.5. The SMILES string of the molecule is O=C([N-]c1nc(-c2c(F)cccc2F)ns1)c1cccnc1C(F)(F)F.[Na+]. The molecule has 0 bridgehead atoms. The molecule has 1 aromatic carbocycles. The second kappa shape index (κ2) is 8.38. The fourth-order valence-electron chi connectivity index (χ4n) is 2.02. The summed E-state index contributed by atoms with van der Waals surface area (Å²) in [5.41, 5.74) is -2.68. The third kappa shape index (κ3) is 4.67. The normalized spacial score (nSPS) is 11.0. The van der Waals surface area contributed by atoms with Gasteiger partial charge < -0.3 is 10.3 Å². The van der Waals surface area contributed by atoms with Gasteiger partial charge >= 0.3 is 35.7 Å². The monoisotopic (exact) mass is 408 g/mol. The predicted molar refractivity (Wildman–Crippen MR) is 81.8 cm³/mol. The molecule has 0 spiro atoms. The van der Waals surface area contributed by atoms with Crippen LogP contribution in [0.3, 0.4) is 0 Å². The maximum Gasteiger partial charge on any atom is 1.00 e. The quantitative estimate of drug-likeness (QED) is 0.489. The molecule has 0 fully saturated rings. The summed E-state index contributed by atoms with van der Waals surface area (Å²) in [5.74, 6) is -3.46. The van der Waals surface area contributed by atoms with E-state index in [2.05, 4.69) is 19.7 Å². The Kier molecular flexibility index (Phi) is 6.63. The first-order valence-electron chi connectivity index (χ1n) is 6.83. The van der Waals surface area contributed by atoms with E-state index in [1.165, 1.54) is 0 Å². The Hall–Kier alpha value is -1.95. The van der Waals surface area contributed by atoms with Crippen molar-refractivity contribution >= 4 is 22.6 Å². The number of benzene rings is 1. The number of aromatic nitrogens is 3. The zero-order valence-corrected chi connectivity index (χ0v) is 16.3. The molecule has 0 N–H and O–H groups in total. The number of hydrogen-bond donors (Lipinski definition) is 0. The van der Waals surface area contributed by atoms with Crippen LogP contribution >= 0.6 is 11.5 Å². The van der Waals surface area contributed by atoms with Crippen LogP contribution in [0.1, 0.15) is 16.1 Å². The number of pyridine rings is 1. The molecule has 3 aromatic rings. The van der Waals surface area contributed by atoms with Gasteiger partial charge in [0.2, 0.25) is 0 Å². The first-order chi connectivity index (χ1) is 12.3. The van der Waals surface area contributed by atoms with Crippen molar-refractivity contribution in [3.63, 3.8) is 0 Å². The molecule has 0 saturated heterocycles. The summed E-state index contributed by atoms with van der Waals surface area (Å²) in [6.45, 7) is 0. The molecule has 2 heterocycles. The fourth-order valence-corrected chi connectivity index (χ4v) is 2.58. The van der Waals surface area contributed by atoms with Gasteiger partial charge in [-0.25, -0.2) is 8.78 Å². The summed E-state index contributed by atoms with van der Waals surface area (Å²) in [6, 6.07) is 5.20. The van der Waals surface area contributed by atoms with Crippen molar-refractivity contribution in [2.75, 3.05) is 0 Å². The summed E-state index contributed by atoms with van der Waals surface area (Å²) in [6.07, 6.45) is -3.95. The molecule has 0 radical (unpaired) electrons. The van der Waals surface area contributed by atoms with E-state index in [4.69, 9.17) is 0 Å². The summed E-state index contributed by atoms with van der Waals surface area (Å²) >= 11 is 0.515. The number of rotatable bonds is 3. The van der Waals surface area contributed by atoms with Gasteiger partial charge in [0, 0.05) is 16.9 Å². The first-order valence-corrected chi connectivity index (χ1v) is 7.61. The van der Waals surface area contributed by atoms with Crippen LogP contribution in [-0.2, 0) is 6.18 Å². The Bertz CT molecular complexity index is 959. The van der Waals surface area contributed by atoms with Crippen molar-refractivity contribution in [2.45, 2.75) is 6.18 Å². The minimum Gasteiger partial charge on any atom is -0.408 e. The van der Waals surface area contributed by atoms with Crippen LogP contribution in [0.2, 0.25) is 0 Å². The van der Waals surface area contributed by atoms with Crippen molar-refractivity contribution in [3.8, 4) is 11.4 Å². The molecule has 3 rings (SSSR count). The van der Waals surface area contributed by atoms with Crippen LogP contribution in [0.4, 0.5) is 27.1 Å². The van der Waals surface area contributed by atoms with E-state index in [0.29, 0.717) is 11.5 Å². The number of alkyl halides is 3. The number of halogens is 5. The number of nitrogens with zero attached hydrogens (tertiary/aromatic N) is 4. The van der Waals surface area contributed by atoms with Crippen molar-refractivity contribution in [1.29, 1.82) is 0 Å². The molecule has 0 atom stereocenters. The summed E-state index contributed by atoms with van der Waals surface area (Å²) in [7, 11) is 0. The van der Waals surface area contributed by atoms with E-state index >= 15 is 0 Å². The average Bonchev–Trinajstić information content (AvgIpc) is 3.02. The van der Waals surface area contributed by atoms with Gasteiger partial charge in [-0.2, -0.15) is 17.5 Å². The molecule has 0 aliphatic carbocycles. The van der Waals surface area contributed by atoms with E-state index < -0.39 is 40.5 Å². The van der Waals surface area contributed by atoms with Crippen LogP contribution in [0, 0.1) is 11.6 Å². The second-order valence-electron chi connectivity index (χ2n) is 4.81. The molecular weight excluding hydrogens is 402 g/mol. The third-order valence-corrected chi connectivity index (χ3v) is 3.72. The van der Waals surface area contributed by atoms with Crippen LogP contribution in [0.15, 0.2) is 36.5 Å². The molecule has 0 saturated carbocycles. The van der Waals surface area contributed by atoms with Gasteiger partial charge in [0.15, 0.2) is 11.6 Å². The van der Waals surface area contributed by atoms with Gasteiger partial charge in [-0.3, -0.25) is 9.78 Å². The third-order valence-electron chi connectivity index (χ3n) is 3.11. The van der Waals surface area contributed by atoms with Gasteiger partial charge in [0.05, 0.1) is 11.4 Å². The minimum absolute atomic E-state index is 0. The average molecular weight is 408 g/mol. The van der Waals surface area contributed by atoms with E-state index in [1.807, 2.05) is 0 Å². The van der Waals surface area contributed by atoms with Gasteiger partial charge in [-0.1, -0.05) is 6.07 Å². The Labute approximate surface area is 175 Å². The van der Waals surface area contributed by atoms with Crippen LogP contribution in [0.25, 0.3) is 16.7 Å². The Balaban J connectivity index is 0.00000261. The van der Waals surface area contributed by atoms with Crippen LogP contribution < -0.4 is 29.6 Å². The molecular formula is C15H6F5N4NaOS. The molecule has 5 nitrogen and oxygen atoms in total. The minimum atomic E-state index is -4.84. The Morgan fingerprint density at radius 2 is 1.74 bits per heavy atom. The smallest absolute Gasteiger partial charge is 0.408 e. The molecule has 0 aliphatic rings. The first kappa shape index (κ1) is 21.4. The van der Waals surface area contributed by atoms with Gasteiger partial charge in [0.25, 0.3) is 0 Å². The molecule has 1 amide bonds. The van der Waals surface area contributed by atoms with Crippen molar-refractivity contribution < 1.29 is 56.3 Å². The number of amides is 1. The van der Waals surface area contributed by atoms with Crippen molar-refractivity contribution in [2.24, 2.45) is 0 Å². The molecule has 27 heavy (non-hydrogen) atoms.